The molecule has 0 radical (unpaired) electrons. The molecule has 0 saturated heterocycles. The van der Waals surface area contributed by atoms with E-state index in [9.17, 15) is 13.6 Å². The first-order valence-electron chi connectivity index (χ1n) is 5.46. The van der Waals surface area contributed by atoms with Crippen LogP contribution in [0, 0.1) is 18.6 Å². The Labute approximate surface area is 108 Å². The van der Waals surface area contributed by atoms with Crippen molar-refractivity contribution in [1.29, 1.82) is 0 Å². The molecule has 0 bridgehead atoms. The Morgan fingerprint density at radius 3 is 2.63 bits per heavy atom. The molecule has 6 heteroatoms. The van der Waals surface area contributed by atoms with Crippen molar-refractivity contribution in [2.75, 3.05) is 5.32 Å². The molecule has 0 atom stereocenters. The molecular formula is C13H11F2N3O. The van der Waals surface area contributed by atoms with E-state index < -0.39 is 17.5 Å². The van der Waals surface area contributed by atoms with Crippen molar-refractivity contribution in [3.05, 3.63) is 53.4 Å². The lowest BCUT2D eigenvalue weighted by atomic mass is 10.2. The third kappa shape index (κ3) is 2.85. The normalized spacial score (nSPS) is 10.3. The molecule has 2 aromatic rings. The Morgan fingerprint density at radius 2 is 2.00 bits per heavy atom. The fraction of sp³-hybridized carbons (Fsp3) is 0.0769. The number of halogens is 2. The number of anilines is 2. The number of carbonyl (C=O) groups is 1. The Hall–Kier alpha value is -2.50. The number of amides is 1. The Kier molecular flexibility index (Phi) is 3.41. The molecule has 0 saturated carbocycles. The van der Waals surface area contributed by atoms with E-state index >= 15 is 0 Å². The summed E-state index contributed by atoms with van der Waals surface area (Å²) in [5.74, 6) is -1.99. The van der Waals surface area contributed by atoms with E-state index in [1.54, 1.807) is 13.0 Å². The summed E-state index contributed by atoms with van der Waals surface area (Å²) in [4.78, 5) is 14.8. The SMILES string of the molecule is Cc1ccc(Nc2cc(F)cnc2C(N)=O)c(F)c1. The molecule has 0 fully saturated rings. The van der Waals surface area contributed by atoms with Crippen LogP contribution < -0.4 is 11.1 Å². The number of nitrogens with one attached hydrogen (secondary N) is 1. The van der Waals surface area contributed by atoms with Gasteiger partial charge in [-0.15, -0.1) is 0 Å². The van der Waals surface area contributed by atoms with Gasteiger partial charge in [0.15, 0.2) is 5.69 Å². The predicted molar refractivity (Wildman–Crippen MR) is 67.1 cm³/mol. The van der Waals surface area contributed by atoms with Crippen LogP contribution in [0.3, 0.4) is 0 Å². The number of nitrogens with zero attached hydrogens (tertiary/aromatic N) is 1. The zero-order valence-electron chi connectivity index (χ0n) is 10.1. The van der Waals surface area contributed by atoms with Gasteiger partial charge in [0.25, 0.3) is 5.91 Å². The average Bonchev–Trinajstić information content (AvgIpc) is 2.32. The maximum Gasteiger partial charge on any atom is 0.269 e. The lowest BCUT2D eigenvalue weighted by Crippen LogP contribution is -2.15. The molecule has 4 nitrogen and oxygen atoms in total. The van der Waals surface area contributed by atoms with Crippen LogP contribution in [0.2, 0.25) is 0 Å². The maximum absolute atomic E-state index is 13.7. The lowest BCUT2D eigenvalue weighted by Gasteiger charge is -2.10. The van der Waals surface area contributed by atoms with E-state index in [2.05, 4.69) is 10.3 Å². The number of rotatable bonds is 3. The standard InChI is InChI=1S/C13H11F2N3O/c1-7-2-3-10(9(15)4-7)18-11-5-8(14)6-17-12(11)13(16)19/h2-6,18H,1H3,(H2,16,19). The van der Waals surface area contributed by atoms with Crippen molar-refractivity contribution in [1.82, 2.24) is 4.98 Å². The topological polar surface area (TPSA) is 68.0 Å². The van der Waals surface area contributed by atoms with Crippen LogP contribution in [0.1, 0.15) is 16.1 Å². The van der Waals surface area contributed by atoms with Crippen LogP contribution >= 0.6 is 0 Å². The van der Waals surface area contributed by atoms with Gasteiger partial charge in [0.1, 0.15) is 11.6 Å². The van der Waals surface area contributed by atoms with Crippen molar-refractivity contribution in [3.63, 3.8) is 0 Å². The molecule has 3 N–H and O–H groups in total. The van der Waals surface area contributed by atoms with E-state index in [4.69, 9.17) is 5.73 Å². The van der Waals surface area contributed by atoms with Crippen molar-refractivity contribution in [2.45, 2.75) is 6.92 Å². The number of benzene rings is 1. The second-order valence-electron chi connectivity index (χ2n) is 4.02. The maximum atomic E-state index is 13.7. The van der Waals surface area contributed by atoms with Crippen LogP contribution in [-0.4, -0.2) is 10.9 Å². The molecular weight excluding hydrogens is 252 g/mol. The van der Waals surface area contributed by atoms with Crippen molar-refractivity contribution >= 4 is 17.3 Å². The first-order chi connectivity index (χ1) is 8.97. The molecule has 0 unspecified atom stereocenters. The summed E-state index contributed by atoms with van der Waals surface area (Å²) in [6, 6.07) is 5.52. The first kappa shape index (κ1) is 12.9. The zero-order chi connectivity index (χ0) is 14.0. The fourth-order valence-corrected chi connectivity index (χ4v) is 1.60. The van der Waals surface area contributed by atoms with E-state index in [0.717, 1.165) is 17.8 Å². The number of nitrogens with two attached hydrogens (primary N) is 1. The minimum atomic E-state index is -0.824. The highest BCUT2D eigenvalue weighted by molar-refractivity contribution is 5.97. The summed E-state index contributed by atoms with van der Waals surface area (Å²) in [5, 5.41) is 2.61. The quantitative estimate of drug-likeness (QED) is 0.894. The van der Waals surface area contributed by atoms with E-state index in [1.807, 2.05) is 0 Å². The van der Waals surface area contributed by atoms with Gasteiger partial charge in [-0.3, -0.25) is 4.79 Å². The number of carbonyl (C=O) groups excluding carboxylic acids is 1. The van der Waals surface area contributed by atoms with Crippen LogP contribution in [0.15, 0.2) is 30.5 Å². The summed E-state index contributed by atoms with van der Waals surface area (Å²) in [5.41, 5.74) is 5.85. The van der Waals surface area contributed by atoms with Gasteiger partial charge in [-0.1, -0.05) is 6.07 Å². The molecule has 1 heterocycles. The number of primary amides is 1. The average molecular weight is 263 g/mol. The van der Waals surface area contributed by atoms with Crippen LogP contribution in [0.25, 0.3) is 0 Å². The summed E-state index contributed by atoms with van der Waals surface area (Å²) in [7, 11) is 0. The van der Waals surface area contributed by atoms with Gasteiger partial charge in [0.05, 0.1) is 17.6 Å². The largest absolute Gasteiger partial charge is 0.364 e. The molecule has 98 valence electrons. The highest BCUT2D eigenvalue weighted by atomic mass is 19.1. The molecule has 19 heavy (non-hydrogen) atoms. The Bertz CT molecular complexity index is 644. The van der Waals surface area contributed by atoms with Crippen LogP contribution in [0.4, 0.5) is 20.2 Å². The van der Waals surface area contributed by atoms with E-state index in [1.165, 1.54) is 12.1 Å². The number of aromatic nitrogens is 1. The Balaban J connectivity index is 2.42. The monoisotopic (exact) mass is 263 g/mol. The number of hydrogen-bond donors (Lipinski definition) is 2. The second kappa shape index (κ2) is 5.01. The zero-order valence-corrected chi connectivity index (χ0v) is 10.1. The van der Waals surface area contributed by atoms with Gasteiger partial charge in [0, 0.05) is 6.07 Å². The molecule has 0 spiro atoms. The minimum absolute atomic E-state index is 0.0234. The molecule has 1 aromatic heterocycles. The molecule has 0 aliphatic heterocycles. The van der Waals surface area contributed by atoms with Gasteiger partial charge in [-0.25, -0.2) is 13.8 Å². The van der Waals surface area contributed by atoms with Crippen LogP contribution in [0.5, 0.6) is 0 Å². The van der Waals surface area contributed by atoms with Crippen LogP contribution in [-0.2, 0) is 0 Å². The molecule has 1 aromatic carbocycles. The number of pyridine rings is 1. The number of aryl methyl sites for hydroxylation is 1. The summed E-state index contributed by atoms with van der Waals surface area (Å²) >= 11 is 0. The van der Waals surface area contributed by atoms with Gasteiger partial charge in [-0.2, -0.15) is 0 Å². The minimum Gasteiger partial charge on any atom is -0.364 e. The highest BCUT2D eigenvalue weighted by Crippen LogP contribution is 2.23. The molecule has 1 amide bonds. The summed E-state index contributed by atoms with van der Waals surface area (Å²) in [6.45, 7) is 1.74. The second-order valence-corrected chi connectivity index (χ2v) is 4.02. The first-order valence-corrected chi connectivity index (χ1v) is 5.46. The third-order valence-electron chi connectivity index (χ3n) is 2.48. The molecule has 0 aliphatic carbocycles. The van der Waals surface area contributed by atoms with E-state index in [-0.39, 0.29) is 17.1 Å². The smallest absolute Gasteiger partial charge is 0.269 e. The molecule has 2 rings (SSSR count). The molecule has 0 aliphatic rings. The van der Waals surface area contributed by atoms with Crippen molar-refractivity contribution in [3.8, 4) is 0 Å². The predicted octanol–water partition coefficient (Wildman–Crippen LogP) is 2.51. The summed E-state index contributed by atoms with van der Waals surface area (Å²) < 4.78 is 26.8. The summed E-state index contributed by atoms with van der Waals surface area (Å²) in [6.07, 6.45) is 0.872. The van der Waals surface area contributed by atoms with E-state index in [0.29, 0.717) is 0 Å². The fourth-order valence-electron chi connectivity index (χ4n) is 1.60. The number of hydrogen-bond acceptors (Lipinski definition) is 3. The Morgan fingerprint density at radius 1 is 1.26 bits per heavy atom. The third-order valence-corrected chi connectivity index (χ3v) is 2.48. The highest BCUT2D eigenvalue weighted by Gasteiger charge is 2.13. The van der Waals surface area contributed by atoms with Gasteiger partial charge >= 0.3 is 0 Å². The van der Waals surface area contributed by atoms with Gasteiger partial charge < -0.3 is 11.1 Å². The van der Waals surface area contributed by atoms with Crippen molar-refractivity contribution in [2.24, 2.45) is 5.73 Å². The van der Waals surface area contributed by atoms with Gasteiger partial charge in [0.2, 0.25) is 0 Å². The van der Waals surface area contributed by atoms with Crippen molar-refractivity contribution < 1.29 is 13.6 Å². The lowest BCUT2D eigenvalue weighted by molar-refractivity contribution is 0.0996. The van der Waals surface area contributed by atoms with Gasteiger partial charge in [-0.05, 0) is 24.6 Å².